The molecule has 0 aromatic heterocycles. The van der Waals surface area contributed by atoms with E-state index >= 15 is 0 Å². The predicted molar refractivity (Wildman–Crippen MR) is 182 cm³/mol. The molecule has 3 amide bonds. The Morgan fingerprint density at radius 1 is 0.851 bits per heavy atom. The summed E-state index contributed by atoms with van der Waals surface area (Å²) in [5, 5.41) is 10.5. The van der Waals surface area contributed by atoms with E-state index in [9.17, 15) is 19.5 Å². The third kappa shape index (κ3) is 5.10. The second kappa shape index (κ2) is 12.6. The summed E-state index contributed by atoms with van der Waals surface area (Å²) < 4.78 is 9.92. The number of nitrogens with zero attached hydrogens (tertiary/aromatic N) is 3. The van der Waals surface area contributed by atoms with Crippen LogP contribution in [0, 0.1) is 11.8 Å². The van der Waals surface area contributed by atoms with Crippen LogP contribution in [0.5, 0.6) is 11.5 Å². The van der Waals surface area contributed by atoms with Crippen molar-refractivity contribution in [1.82, 2.24) is 4.90 Å². The summed E-state index contributed by atoms with van der Waals surface area (Å²) in [5.41, 5.74) is 2.10. The number of rotatable bonds is 8. The van der Waals surface area contributed by atoms with E-state index in [1.165, 1.54) is 11.8 Å². The van der Waals surface area contributed by atoms with Crippen molar-refractivity contribution in [2.75, 3.05) is 43.2 Å². The van der Waals surface area contributed by atoms with Crippen molar-refractivity contribution in [3.05, 3.63) is 109 Å². The minimum atomic E-state index is -1.03. The molecule has 0 saturated carbocycles. The number of amides is 3. The topological polar surface area (TPSA) is 99.6 Å². The van der Waals surface area contributed by atoms with Gasteiger partial charge in [-0.25, -0.2) is 0 Å². The average Bonchev–Trinajstić information content (AvgIpc) is 3.41. The molecule has 1 N–H and O–H groups in total. The fourth-order valence-corrected chi connectivity index (χ4v) is 9.55. The molecule has 0 radical (unpaired) electrons. The Morgan fingerprint density at radius 3 is 2.13 bits per heavy atom. The molecule has 4 aliphatic heterocycles. The van der Waals surface area contributed by atoms with E-state index in [-0.39, 0.29) is 29.6 Å². The number of anilines is 2. The number of aliphatic hydroxyl groups excluding tert-OH is 1. The molecule has 7 rings (SSSR count). The van der Waals surface area contributed by atoms with Crippen LogP contribution in [0.4, 0.5) is 11.4 Å². The number of carbonyl (C=O) groups excluding carboxylic acids is 3. The maximum absolute atomic E-state index is 14.9. The maximum atomic E-state index is 14.9. The Morgan fingerprint density at radius 2 is 1.49 bits per heavy atom. The largest absolute Gasteiger partial charge is 0.497 e. The third-order valence-corrected chi connectivity index (χ3v) is 11.4. The summed E-state index contributed by atoms with van der Waals surface area (Å²) >= 11 is 1.52. The zero-order valence-corrected chi connectivity index (χ0v) is 27.1. The highest BCUT2D eigenvalue weighted by atomic mass is 32.2. The summed E-state index contributed by atoms with van der Waals surface area (Å²) in [4.78, 5) is 49.4. The lowest BCUT2D eigenvalue weighted by molar-refractivity contribution is -0.141. The molecule has 242 valence electrons. The van der Waals surface area contributed by atoms with Crippen molar-refractivity contribution >= 4 is 40.9 Å². The Bertz CT molecular complexity index is 1710. The number of carbonyl (C=O) groups is 3. The Kier molecular flexibility index (Phi) is 8.32. The first-order valence-electron chi connectivity index (χ1n) is 15.9. The van der Waals surface area contributed by atoms with Gasteiger partial charge in [0, 0.05) is 29.7 Å². The van der Waals surface area contributed by atoms with Crippen LogP contribution >= 0.6 is 11.8 Å². The molecule has 1 spiro atoms. The van der Waals surface area contributed by atoms with Gasteiger partial charge in [-0.2, -0.15) is 0 Å². The number of methoxy groups -OCH3 is 1. The minimum absolute atomic E-state index is 0.162. The molecular weight excluding hydrogens is 614 g/mol. The van der Waals surface area contributed by atoms with Gasteiger partial charge >= 0.3 is 0 Å². The number of aliphatic hydroxyl groups is 1. The monoisotopic (exact) mass is 651 g/mol. The molecule has 2 saturated heterocycles. The molecule has 3 aromatic rings. The molecule has 6 atom stereocenters. The minimum Gasteiger partial charge on any atom is -0.497 e. The van der Waals surface area contributed by atoms with E-state index < -0.39 is 28.7 Å². The summed E-state index contributed by atoms with van der Waals surface area (Å²) in [5.74, 6) is -0.880. The molecule has 3 aromatic carbocycles. The molecule has 4 heterocycles. The van der Waals surface area contributed by atoms with Crippen molar-refractivity contribution in [2.24, 2.45) is 11.8 Å². The van der Waals surface area contributed by atoms with E-state index in [0.29, 0.717) is 42.6 Å². The van der Waals surface area contributed by atoms with Crippen molar-refractivity contribution in [3.8, 4) is 11.5 Å². The Balaban J connectivity index is 1.33. The number of likely N-dealkylation sites (tertiary alicyclic amines) is 1. The second-order valence-electron chi connectivity index (χ2n) is 12.0. The number of hydrogen-bond acceptors (Lipinski definition) is 7. The second-order valence-corrected chi connectivity index (χ2v) is 13.5. The molecule has 0 aliphatic carbocycles. The number of hydrogen-bond donors (Lipinski definition) is 1. The van der Waals surface area contributed by atoms with E-state index in [2.05, 4.69) is 0 Å². The first-order valence-corrected chi connectivity index (χ1v) is 16.8. The van der Waals surface area contributed by atoms with Crippen LogP contribution in [-0.4, -0.2) is 77.2 Å². The molecule has 0 bridgehead atoms. The summed E-state index contributed by atoms with van der Waals surface area (Å²) in [6.07, 6.45) is 7.93. The maximum Gasteiger partial charge on any atom is 0.251 e. The fourth-order valence-electron chi connectivity index (χ4n) is 7.56. The van der Waals surface area contributed by atoms with Crippen molar-refractivity contribution in [2.45, 2.75) is 29.0 Å². The average molecular weight is 652 g/mol. The van der Waals surface area contributed by atoms with Crippen LogP contribution in [0.3, 0.4) is 0 Å². The first-order chi connectivity index (χ1) is 22.9. The zero-order valence-electron chi connectivity index (χ0n) is 26.3. The van der Waals surface area contributed by atoms with Crippen LogP contribution < -0.4 is 19.3 Å². The lowest BCUT2D eigenvalue weighted by Crippen LogP contribution is -2.54. The van der Waals surface area contributed by atoms with Crippen molar-refractivity contribution in [3.63, 3.8) is 0 Å². The van der Waals surface area contributed by atoms with Crippen LogP contribution in [0.2, 0.25) is 0 Å². The molecule has 10 heteroatoms. The van der Waals surface area contributed by atoms with Gasteiger partial charge < -0.3 is 29.3 Å². The summed E-state index contributed by atoms with van der Waals surface area (Å²) in [6, 6.07) is 22.2. The highest BCUT2D eigenvalue weighted by Gasteiger charge is 2.72. The van der Waals surface area contributed by atoms with Gasteiger partial charge in [-0.1, -0.05) is 54.6 Å². The number of benzene rings is 3. The standard InChI is InChI=1S/C37H37N3O6S/c1-3-46-28-18-14-25(15-19-28)38-21-7-11-30-31(34(38)42)32-35(43)40(29(23-41)24-9-5-4-6-10-24)33-36(44)39(22-8-20-37(32,33)47-30)26-12-16-27(45-2)17-13-26/h4-20,29-33,41H,3,21-23H2,1-2H3/t29-,30+,31-,32+,33?,37+/m1/s1. The lowest BCUT2D eigenvalue weighted by Gasteiger charge is -2.38. The number of thioether (sulfide) groups is 1. The van der Waals surface area contributed by atoms with Gasteiger partial charge in [0.05, 0.1) is 42.9 Å². The smallest absolute Gasteiger partial charge is 0.251 e. The quantitative estimate of drug-likeness (QED) is 0.355. The van der Waals surface area contributed by atoms with Crippen LogP contribution in [0.25, 0.3) is 0 Å². The Hall–Kier alpha value is -4.54. The molecule has 2 fully saturated rings. The molecule has 47 heavy (non-hydrogen) atoms. The van der Waals surface area contributed by atoms with Crippen LogP contribution in [0.1, 0.15) is 18.5 Å². The van der Waals surface area contributed by atoms with E-state index in [4.69, 9.17) is 9.47 Å². The first kappa shape index (κ1) is 31.1. The van der Waals surface area contributed by atoms with Crippen molar-refractivity contribution in [1.29, 1.82) is 0 Å². The fraction of sp³-hybridized carbons (Fsp3) is 0.324. The third-order valence-electron chi connectivity index (χ3n) is 9.63. The van der Waals surface area contributed by atoms with Gasteiger partial charge in [-0.05, 0) is 61.0 Å². The molecule has 4 aliphatic rings. The van der Waals surface area contributed by atoms with E-state index in [1.807, 2.05) is 98.0 Å². The molecular formula is C37H37N3O6S. The number of fused-ring (bicyclic) bond motifs is 2. The number of ether oxygens (including phenoxy) is 2. The highest BCUT2D eigenvalue weighted by molar-refractivity contribution is 8.02. The lowest BCUT2D eigenvalue weighted by atomic mass is 9.78. The van der Waals surface area contributed by atoms with Gasteiger partial charge in [0.2, 0.25) is 11.8 Å². The SMILES string of the molecule is CCOc1ccc(N2CC=C[C@@H]3S[C@]45C=CCN(c6ccc(OC)cc6)C(=O)C4N([C@H](CO)c4ccccc4)C(=O)[C@@H]5[C@@H]3C2=O)cc1. The van der Waals surface area contributed by atoms with Crippen molar-refractivity contribution < 1.29 is 29.0 Å². The predicted octanol–water partition coefficient (Wildman–Crippen LogP) is 4.63. The van der Waals surface area contributed by atoms with Gasteiger partial charge in [0.15, 0.2) is 0 Å². The molecule has 9 nitrogen and oxygen atoms in total. The van der Waals surface area contributed by atoms with Gasteiger partial charge in [-0.3, -0.25) is 14.4 Å². The highest BCUT2D eigenvalue weighted by Crippen LogP contribution is 2.62. The van der Waals surface area contributed by atoms with Crippen LogP contribution in [0.15, 0.2) is 103 Å². The van der Waals surface area contributed by atoms with Gasteiger partial charge in [0.1, 0.15) is 17.5 Å². The van der Waals surface area contributed by atoms with Gasteiger partial charge in [0.25, 0.3) is 5.91 Å². The van der Waals surface area contributed by atoms with E-state index in [0.717, 1.165) is 5.56 Å². The van der Waals surface area contributed by atoms with Gasteiger partial charge in [-0.15, -0.1) is 11.8 Å². The zero-order chi connectivity index (χ0) is 32.7. The normalized spacial score (nSPS) is 27.2. The van der Waals surface area contributed by atoms with E-state index in [1.54, 1.807) is 33.9 Å². The van der Waals surface area contributed by atoms with Crippen LogP contribution in [-0.2, 0) is 14.4 Å². The summed E-state index contributed by atoms with van der Waals surface area (Å²) in [7, 11) is 1.59. The Labute approximate surface area is 278 Å². The summed E-state index contributed by atoms with van der Waals surface area (Å²) in [6.45, 7) is 2.74. The molecule has 1 unspecified atom stereocenters.